The first-order chi connectivity index (χ1) is 9.66. The number of nitrogens with one attached hydrogen (secondary N) is 3. The quantitative estimate of drug-likeness (QED) is 0.721. The van der Waals surface area contributed by atoms with Gasteiger partial charge in [0, 0.05) is 31.7 Å². The van der Waals surface area contributed by atoms with Gasteiger partial charge in [-0.25, -0.2) is 4.79 Å². The van der Waals surface area contributed by atoms with Gasteiger partial charge in [-0.15, -0.1) is 12.4 Å². The van der Waals surface area contributed by atoms with Crippen LogP contribution in [0.3, 0.4) is 0 Å². The Morgan fingerprint density at radius 1 is 1.24 bits per heavy atom. The number of hydrogen-bond donors (Lipinski definition) is 3. The second-order valence-electron chi connectivity index (χ2n) is 5.79. The Kier molecular flexibility index (Phi) is 7.42. The average molecular weight is 319 g/mol. The number of imide groups is 1. The Balaban J connectivity index is 0.00000220. The van der Waals surface area contributed by atoms with E-state index in [-0.39, 0.29) is 23.9 Å². The minimum Gasteiger partial charge on any atom is -0.338 e. The molecule has 6 nitrogen and oxygen atoms in total. The maximum absolute atomic E-state index is 12.0. The summed E-state index contributed by atoms with van der Waals surface area (Å²) in [5.74, 6) is -0.206. The number of carbonyl (C=O) groups excluding carboxylic acids is 2. The number of nitrogens with zero attached hydrogens (tertiary/aromatic N) is 1. The van der Waals surface area contributed by atoms with Crippen molar-refractivity contribution in [2.45, 2.75) is 44.6 Å². The summed E-state index contributed by atoms with van der Waals surface area (Å²) in [5.41, 5.74) is 0.120. The zero-order chi connectivity index (χ0) is 14.4. The highest BCUT2D eigenvalue weighted by Gasteiger charge is 2.40. The van der Waals surface area contributed by atoms with Gasteiger partial charge in [-0.2, -0.15) is 0 Å². The molecule has 1 spiro atoms. The van der Waals surface area contributed by atoms with Crippen molar-refractivity contribution in [2.75, 3.05) is 32.7 Å². The molecule has 0 bridgehead atoms. The first kappa shape index (κ1) is 18.2. The van der Waals surface area contributed by atoms with Gasteiger partial charge in [-0.05, 0) is 19.8 Å². The molecule has 1 aliphatic carbocycles. The number of piperazine rings is 1. The summed E-state index contributed by atoms with van der Waals surface area (Å²) < 4.78 is 0. The summed E-state index contributed by atoms with van der Waals surface area (Å²) in [4.78, 5) is 25.7. The minimum absolute atomic E-state index is 0. The fraction of sp³-hybridized carbons (Fsp3) is 0.857. The van der Waals surface area contributed by atoms with Gasteiger partial charge >= 0.3 is 6.03 Å². The van der Waals surface area contributed by atoms with E-state index in [2.05, 4.69) is 20.9 Å². The summed E-state index contributed by atoms with van der Waals surface area (Å²) in [6.07, 6.45) is 6.05. The van der Waals surface area contributed by atoms with Crippen LogP contribution in [0.4, 0.5) is 4.79 Å². The predicted molar refractivity (Wildman–Crippen MR) is 84.7 cm³/mol. The molecule has 3 amide bonds. The van der Waals surface area contributed by atoms with E-state index >= 15 is 0 Å². The number of carbonyl (C=O) groups is 2. The molecule has 0 aromatic rings. The summed E-state index contributed by atoms with van der Waals surface area (Å²) >= 11 is 0. The fourth-order valence-electron chi connectivity index (χ4n) is 3.38. The standard InChI is InChI=1S/C14H26N4O2.ClH/c1-2-16-13(20)17-12(19)10-18-9-8-15-11-14(18)6-4-3-5-7-14;/h15H,2-11H2,1H3,(H2,16,17,19,20);1H. The smallest absolute Gasteiger partial charge is 0.321 e. The zero-order valence-electron chi connectivity index (χ0n) is 12.7. The molecular weight excluding hydrogens is 292 g/mol. The summed E-state index contributed by atoms with van der Waals surface area (Å²) in [6, 6.07) is -0.398. The van der Waals surface area contributed by atoms with Crippen LogP contribution < -0.4 is 16.0 Å². The molecule has 0 unspecified atom stereocenters. The van der Waals surface area contributed by atoms with Crippen molar-refractivity contribution >= 4 is 24.3 Å². The topological polar surface area (TPSA) is 73.5 Å². The molecule has 3 N–H and O–H groups in total. The van der Waals surface area contributed by atoms with Gasteiger partial charge in [0.15, 0.2) is 0 Å². The van der Waals surface area contributed by atoms with E-state index in [1.807, 2.05) is 6.92 Å². The second kappa shape index (κ2) is 8.56. The van der Waals surface area contributed by atoms with Crippen LogP contribution in [0.5, 0.6) is 0 Å². The number of hydrogen-bond acceptors (Lipinski definition) is 4. The van der Waals surface area contributed by atoms with Crippen LogP contribution in [0.2, 0.25) is 0 Å². The van der Waals surface area contributed by atoms with E-state index in [9.17, 15) is 9.59 Å². The third-order valence-electron chi connectivity index (χ3n) is 4.39. The fourth-order valence-corrected chi connectivity index (χ4v) is 3.38. The number of rotatable bonds is 3. The maximum atomic E-state index is 12.0. The Labute approximate surface area is 132 Å². The van der Waals surface area contributed by atoms with Crippen LogP contribution in [-0.4, -0.2) is 55.1 Å². The molecule has 2 rings (SSSR count). The third kappa shape index (κ3) is 4.83. The first-order valence-corrected chi connectivity index (χ1v) is 7.70. The van der Waals surface area contributed by atoms with E-state index in [1.165, 1.54) is 19.3 Å². The molecule has 21 heavy (non-hydrogen) atoms. The first-order valence-electron chi connectivity index (χ1n) is 7.70. The summed E-state index contributed by atoms with van der Waals surface area (Å²) in [5, 5.41) is 8.44. The number of urea groups is 1. The molecule has 0 radical (unpaired) electrons. The van der Waals surface area contributed by atoms with Crippen LogP contribution in [-0.2, 0) is 4.79 Å². The number of halogens is 1. The van der Waals surface area contributed by atoms with E-state index in [0.29, 0.717) is 13.1 Å². The van der Waals surface area contributed by atoms with Crippen molar-refractivity contribution in [3.05, 3.63) is 0 Å². The maximum Gasteiger partial charge on any atom is 0.321 e. The predicted octanol–water partition coefficient (Wildman–Crippen LogP) is 0.862. The molecule has 1 saturated heterocycles. The molecule has 7 heteroatoms. The highest BCUT2D eigenvalue weighted by molar-refractivity contribution is 5.95. The molecule has 2 aliphatic rings. The van der Waals surface area contributed by atoms with Gasteiger partial charge in [-0.1, -0.05) is 19.3 Å². The molecule has 1 heterocycles. The molecular formula is C14H27ClN4O2. The molecule has 0 aromatic heterocycles. The SMILES string of the molecule is CCNC(=O)NC(=O)CN1CCNCC12CCCCC2.Cl. The van der Waals surface area contributed by atoms with Crippen molar-refractivity contribution in [2.24, 2.45) is 0 Å². The van der Waals surface area contributed by atoms with Crippen LogP contribution >= 0.6 is 12.4 Å². The van der Waals surface area contributed by atoms with Gasteiger partial charge in [0.1, 0.15) is 0 Å². The van der Waals surface area contributed by atoms with Crippen LogP contribution in [0, 0.1) is 0 Å². The normalized spacial score (nSPS) is 21.4. The molecule has 0 aromatic carbocycles. The van der Waals surface area contributed by atoms with Gasteiger partial charge in [-0.3, -0.25) is 15.0 Å². The Hall–Kier alpha value is -0.850. The largest absolute Gasteiger partial charge is 0.338 e. The van der Waals surface area contributed by atoms with E-state index in [0.717, 1.165) is 32.5 Å². The molecule has 1 saturated carbocycles. The monoisotopic (exact) mass is 318 g/mol. The van der Waals surface area contributed by atoms with Gasteiger partial charge < -0.3 is 10.6 Å². The van der Waals surface area contributed by atoms with Crippen LogP contribution in [0.1, 0.15) is 39.0 Å². The van der Waals surface area contributed by atoms with Crippen molar-refractivity contribution < 1.29 is 9.59 Å². The second-order valence-corrected chi connectivity index (χ2v) is 5.79. The minimum atomic E-state index is -0.398. The lowest BCUT2D eigenvalue weighted by molar-refractivity contribution is -0.123. The molecule has 2 fully saturated rings. The van der Waals surface area contributed by atoms with E-state index in [1.54, 1.807) is 0 Å². The zero-order valence-corrected chi connectivity index (χ0v) is 13.6. The van der Waals surface area contributed by atoms with Crippen LogP contribution in [0.25, 0.3) is 0 Å². The molecule has 0 atom stereocenters. The van der Waals surface area contributed by atoms with Gasteiger partial charge in [0.05, 0.1) is 6.54 Å². The van der Waals surface area contributed by atoms with E-state index < -0.39 is 6.03 Å². The van der Waals surface area contributed by atoms with Gasteiger partial charge in [0.2, 0.25) is 5.91 Å². The highest BCUT2D eigenvalue weighted by Crippen LogP contribution is 2.34. The van der Waals surface area contributed by atoms with Crippen molar-refractivity contribution in [3.63, 3.8) is 0 Å². The summed E-state index contributed by atoms with van der Waals surface area (Å²) in [6.45, 7) is 5.42. The lowest BCUT2D eigenvalue weighted by atomic mass is 9.79. The third-order valence-corrected chi connectivity index (χ3v) is 4.39. The van der Waals surface area contributed by atoms with Crippen LogP contribution in [0.15, 0.2) is 0 Å². The van der Waals surface area contributed by atoms with Crippen molar-refractivity contribution in [1.82, 2.24) is 20.9 Å². The molecule has 1 aliphatic heterocycles. The van der Waals surface area contributed by atoms with Crippen molar-refractivity contribution in [1.29, 1.82) is 0 Å². The molecule has 122 valence electrons. The van der Waals surface area contributed by atoms with Gasteiger partial charge in [0.25, 0.3) is 0 Å². The van der Waals surface area contributed by atoms with Crippen molar-refractivity contribution in [3.8, 4) is 0 Å². The number of amides is 3. The Bertz CT molecular complexity index is 351. The average Bonchev–Trinajstić information content (AvgIpc) is 2.43. The Morgan fingerprint density at radius 3 is 2.62 bits per heavy atom. The van der Waals surface area contributed by atoms with E-state index in [4.69, 9.17) is 0 Å². The summed E-state index contributed by atoms with van der Waals surface area (Å²) in [7, 11) is 0. The highest BCUT2D eigenvalue weighted by atomic mass is 35.5. The Morgan fingerprint density at radius 2 is 1.95 bits per heavy atom. The lowest BCUT2D eigenvalue weighted by Gasteiger charge is -2.49. The lowest BCUT2D eigenvalue weighted by Crippen LogP contribution is -2.63.